The second-order valence-electron chi connectivity index (χ2n) is 5.89. The van der Waals surface area contributed by atoms with Gasteiger partial charge in [0.1, 0.15) is 18.0 Å². The number of thiocarbonyl (C=S) groups is 1. The molecule has 2 heterocycles. The molecule has 1 aliphatic rings. The summed E-state index contributed by atoms with van der Waals surface area (Å²) in [4.78, 5) is 51.2. The molecule has 6 atom stereocenters. The van der Waals surface area contributed by atoms with Crippen LogP contribution in [0.4, 0.5) is 5.82 Å². The lowest BCUT2D eigenvalue weighted by Crippen LogP contribution is -2.40. The number of phosphoric acid groups is 3. The van der Waals surface area contributed by atoms with Crippen molar-refractivity contribution in [2.75, 3.05) is 12.3 Å². The van der Waals surface area contributed by atoms with Crippen molar-refractivity contribution < 1.29 is 61.0 Å². The summed E-state index contributed by atoms with van der Waals surface area (Å²) in [5.41, 5.74) is 9.77. The van der Waals surface area contributed by atoms with E-state index in [1.54, 1.807) is 0 Å². The molecule has 9 N–H and O–H groups in total. The quantitative estimate of drug-likeness (QED) is 0.132. The molecular formula is C10H17N4O14P3S. The van der Waals surface area contributed by atoms with Crippen molar-refractivity contribution in [3.63, 3.8) is 0 Å². The van der Waals surface area contributed by atoms with Gasteiger partial charge in [0.15, 0.2) is 12.3 Å². The molecule has 2 rings (SSSR count). The second-order valence-corrected chi connectivity index (χ2v) is 10.7. The summed E-state index contributed by atoms with van der Waals surface area (Å²) in [6.45, 7) is -1.02. The second kappa shape index (κ2) is 9.90. The fourth-order valence-electron chi connectivity index (χ4n) is 2.43. The van der Waals surface area contributed by atoms with E-state index in [1.807, 2.05) is 0 Å². The topological polar surface area (TPSA) is 285 Å². The molecule has 1 aromatic heterocycles. The van der Waals surface area contributed by atoms with Gasteiger partial charge in [0, 0.05) is 6.20 Å². The highest BCUT2D eigenvalue weighted by Gasteiger charge is 2.49. The van der Waals surface area contributed by atoms with Crippen molar-refractivity contribution in [2.45, 2.75) is 24.5 Å². The molecule has 1 fully saturated rings. The van der Waals surface area contributed by atoms with Gasteiger partial charge in [-0.25, -0.2) is 18.5 Å². The van der Waals surface area contributed by atoms with Crippen molar-refractivity contribution in [2.24, 2.45) is 5.73 Å². The van der Waals surface area contributed by atoms with Crippen molar-refractivity contribution >= 4 is 46.7 Å². The third-order valence-electron chi connectivity index (χ3n) is 3.51. The molecule has 1 aromatic rings. The zero-order valence-electron chi connectivity index (χ0n) is 15.4. The SMILES string of the molecule is NC(=S)O[C@@H]1[C@H](O)[C@@H](COP(=O)(O)OP(=O)(O)OP(=O)(O)O)O[C@H]1n1ccc(N)nc1=O. The minimum atomic E-state index is -5.74. The standard InChI is InChI=1S/C10H17N4O14P3S/c11-5-1-2-14(10(16)13-5)8-7(26-9(12)32)6(15)4(25-8)3-24-30(20,21)28-31(22,23)27-29(17,18)19/h1-2,4,6-8,15H,3H2,(H2,12,32)(H,20,21)(H,22,23)(H2,11,13,16)(H2,17,18,19)/t4-,6-,7-,8-/m1/s1. The van der Waals surface area contributed by atoms with E-state index in [1.165, 1.54) is 6.07 Å². The van der Waals surface area contributed by atoms with Gasteiger partial charge in [0.25, 0.3) is 5.17 Å². The summed E-state index contributed by atoms with van der Waals surface area (Å²) in [7, 11) is -16.8. The molecule has 0 amide bonds. The smallest absolute Gasteiger partial charge is 0.460 e. The molecule has 0 aromatic carbocycles. The van der Waals surface area contributed by atoms with Crippen molar-refractivity contribution in [1.82, 2.24) is 9.55 Å². The Morgan fingerprint density at radius 2 is 1.84 bits per heavy atom. The lowest BCUT2D eigenvalue weighted by atomic mass is 10.1. The predicted octanol–water partition coefficient (Wildman–Crippen LogP) is -1.94. The summed E-state index contributed by atoms with van der Waals surface area (Å²) in [6.07, 6.45) is -4.96. The zero-order chi connectivity index (χ0) is 24.5. The van der Waals surface area contributed by atoms with Crippen LogP contribution in [0.25, 0.3) is 0 Å². The maximum absolute atomic E-state index is 12.1. The summed E-state index contributed by atoms with van der Waals surface area (Å²) < 4.78 is 56.7. The maximum atomic E-state index is 12.1. The molecule has 1 aliphatic heterocycles. The highest BCUT2D eigenvalue weighted by atomic mass is 32.1. The number of nitrogen functional groups attached to an aromatic ring is 1. The maximum Gasteiger partial charge on any atom is 0.490 e. The molecule has 0 saturated carbocycles. The van der Waals surface area contributed by atoms with Gasteiger partial charge in [-0.05, 0) is 18.3 Å². The summed E-state index contributed by atoms with van der Waals surface area (Å²) >= 11 is 4.60. The molecule has 0 radical (unpaired) electrons. The number of nitrogens with zero attached hydrogens (tertiary/aromatic N) is 2. The third kappa shape index (κ3) is 7.64. The summed E-state index contributed by atoms with van der Waals surface area (Å²) in [5.74, 6) is -0.124. The number of rotatable bonds is 9. The predicted molar refractivity (Wildman–Crippen MR) is 104 cm³/mol. The molecular weight excluding hydrogens is 525 g/mol. The lowest BCUT2D eigenvalue weighted by molar-refractivity contribution is -0.0523. The first kappa shape index (κ1) is 26.9. The monoisotopic (exact) mass is 542 g/mol. The number of anilines is 1. The number of hydrogen-bond acceptors (Lipinski definition) is 13. The molecule has 22 heteroatoms. The number of aliphatic hydroxyl groups is 1. The van der Waals surface area contributed by atoms with Gasteiger partial charge in [0.05, 0.1) is 6.61 Å². The minimum absolute atomic E-state index is 0.124. The largest absolute Gasteiger partial charge is 0.490 e. The van der Waals surface area contributed by atoms with Gasteiger partial charge in [-0.2, -0.15) is 13.6 Å². The van der Waals surface area contributed by atoms with Gasteiger partial charge in [-0.3, -0.25) is 9.09 Å². The van der Waals surface area contributed by atoms with Crippen LogP contribution < -0.4 is 17.2 Å². The van der Waals surface area contributed by atoms with Crippen LogP contribution in [-0.4, -0.2) is 64.3 Å². The Hall–Kier alpha value is -1.30. The molecule has 2 unspecified atom stereocenters. The van der Waals surface area contributed by atoms with Crippen LogP contribution in [0.1, 0.15) is 6.23 Å². The fraction of sp³-hybridized carbons (Fsp3) is 0.500. The lowest BCUT2D eigenvalue weighted by Gasteiger charge is -2.22. The number of phosphoric ester groups is 1. The molecule has 32 heavy (non-hydrogen) atoms. The highest BCUT2D eigenvalue weighted by molar-refractivity contribution is 7.80. The zero-order valence-corrected chi connectivity index (χ0v) is 18.9. The number of ether oxygens (including phenoxy) is 2. The fourth-order valence-corrected chi connectivity index (χ4v) is 5.57. The first-order valence-corrected chi connectivity index (χ1v) is 12.9. The number of hydrogen-bond donors (Lipinski definition) is 7. The average molecular weight is 542 g/mol. The third-order valence-corrected chi connectivity index (χ3v) is 7.41. The van der Waals surface area contributed by atoms with E-state index in [4.69, 9.17) is 35.6 Å². The Balaban J connectivity index is 2.17. The molecule has 0 bridgehead atoms. The van der Waals surface area contributed by atoms with E-state index in [2.05, 4.69) is 30.3 Å². The van der Waals surface area contributed by atoms with E-state index in [0.29, 0.717) is 0 Å². The molecule has 0 aliphatic carbocycles. The Bertz CT molecular complexity index is 1060. The Morgan fingerprint density at radius 1 is 1.22 bits per heavy atom. The molecule has 0 spiro atoms. The van der Waals surface area contributed by atoms with Gasteiger partial charge in [-0.1, -0.05) is 0 Å². The molecule has 182 valence electrons. The van der Waals surface area contributed by atoms with Gasteiger partial charge < -0.3 is 45.6 Å². The van der Waals surface area contributed by atoms with E-state index < -0.39 is 65.5 Å². The van der Waals surface area contributed by atoms with E-state index in [0.717, 1.165) is 10.8 Å². The van der Waals surface area contributed by atoms with E-state index >= 15 is 0 Å². The van der Waals surface area contributed by atoms with Gasteiger partial charge >= 0.3 is 29.2 Å². The van der Waals surface area contributed by atoms with Gasteiger partial charge in [-0.15, -0.1) is 0 Å². The Labute approximate surface area is 183 Å². The van der Waals surface area contributed by atoms with Crippen molar-refractivity contribution in [3.8, 4) is 0 Å². The van der Waals surface area contributed by atoms with Crippen LogP contribution >= 0.6 is 35.7 Å². The first-order chi connectivity index (χ1) is 14.5. The van der Waals surface area contributed by atoms with E-state index in [-0.39, 0.29) is 5.82 Å². The first-order valence-electron chi connectivity index (χ1n) is 7.92. The summed E-state index contributed by atoms with van der Waals surface area (Å²) in [5, 5.41) is 9.86. The normalized spacial score (nSPS) is 27.4. The minimum Gasteiger partial charge on any atom is -0.460 e. The van der Waals surface area contributed by atoms with Crippen LogP contribution in [0.3, 0.4) is 0 Å². The van der Waals surface area contributed by atoms with Crippen molar-refractivity contribution in [1.29, 1.82) is 0 Å². The summed E-state index contributed by atoms with van der Waals surface area (Å²) in [6, 6.07) is 1.22. The number of nitrogens with two attached hydrogens (primary N) is 2. The van der Waals surface area contributed by atoms with Crippen LogP contribution in [0, 0.1) is 0 Å². The molecule has 18 nitrogen and oxygen atoms in total. The van der Waals surface area contributed by atoms with E-state index in [9.17, 15) is 28.5 Å². The van der Waals surface area contributed by atoms with Crippen LogP contribution in [0.2, 0.25) is 0 Å². The number of aliphatic hydroxyl groups excluding tert-OH is 1. The van der Waals surface area contributed by atoms with Crippen LogP contribution in [0.15, 0.2) is 17.1 Å². The Kier molecular flexibility index (Phi) is 8.34. The van der Waals surface area contributed by atoms with Crippen molar-refractivity contribution in [3.05, 3.63) is 22.7 Å². The highest BCUT2D eigenvalue weighted by Crippen LogP contribution is 2.66. The van der Waals surface area contributed by atoms with Gasteiger partial charge in [0.2, 0.25) is 0 Å². The number of aromatic nitrogens is 2. The molecule has 1 saturated heterocycles. The average Bonchev–Trinajstić information content (AvgIpc) is 2.85. The Morgan fingerprint density at radius 3 is 2.38 bits per heavy atom. The van der Waals surface area contributed by atoms with Crippen LogP contribution in [-0.2, 0) is 36.3 Å². The van der Waals surface area contributed by atoms with Crippen LogP contribution in [0.5, 0.6) is 0 Å².